The van der Waals surface area contributed by atoms with Crippen molar-refractivity contribution in [3.63, 3.8) is 0 Å². The van der Waals surface area contributed by atoms with Gasteiger partial charge in [0, 0.05) is 45.8 Å². The van der Waals surface area contributed by atoms with Crippen LogP contribution in [0.4, 0.5) is 0 Å². The van der Waals surface area contributed by atoms with Crippen LogP contribution in [0.1, 0.15) is 40.8 Å². The van der Waals surface area contributed by atoms with Crippen molar-refractivity contribution in [3.8, 4) is 0 Å². The first-order chi connectivity index (χ1) is 16.7. The summed E-state index contributed by atoms with van der Waals surface area (Å²) in [6.07, 6.45) is 1.92. The van der Waals surface area contributed by atoms with Crippen LogP contribution in [0, 0.1) is 26.7 Å². The fourth-order valence-corrected chi connectivity index (χ4v) is 5.07. The Labute approximate surface area is 205 Å². The van der Waals surface area contributed by atoms with E-state index in [4.69, 9.17) is 0 Å². The summed E-state index contributed by atoms with van der Waals surface area (Å²) in [4.78, 5) is 44.6. The highest BCUT2D eigenvalue weighted by Gasteiger charge is 2.23. The topological polar surface area (TPSA) is 89.2 Å². The molecule has 0 bridgehead atoms. The highest BCUT2D eigenvalue weighted by Crippen LogP contribution is 2.21. The molecule has 1 unspecified atom stereocenters. The number of hydrogen-bond donors (Lipinski definition) is 1. The highest BCUT2D eigenvalue weighted by molar-refractivity contribution is 5.80. The van der Waals surface area contributed by atoms with Gasteiger partial charge in [-0.1, -0.05) is 29.8 Å². The minimum atomic E-state index is -0.398. The van der Waals surface area contributed by atoms with Crippen LogP contribution in [0.3, 0.4) is 0 Å². The second-order valence-electron chi connectivity index (χ2n) is 9.88. The van der Waals surface area contributed by atoms with Crippen molar-refractivity contribution in [1.82, 2.24) is 24.3 Å². The van der Waals surface area contributed by atoms with Crippen molar-refractivity contribution in [2.24, 2.45) is 20.0 Å². The Morgan fingerprint density at radius 1 is 1.09 bits per heavy atom. The molecule has 0 spiro atoms. The van der Waals surface area contributed by atoms with Crippen molar-refractivity contribution in [2.45, 2.75) is 46.6 Å². The van der Waals surface area contributed by atoms with Crippen LogP contribution in [-0.2, 0) is 31.9 Å². The average Bonchev–Trinajstić information content (AvgIpc) is 3.28. The van der Waals surface area contributed by atoms with Crippen LogP contribution in [0.25, 0.3) is 11.0 Å². The van der Waals surface area contributed by atoms with Crippen LogP contribution < -0.4 is 16.6 Å². The molecule has 35 heavy (non-hydrogen) atoms. The largest absolute Gasteiger partial charge is 0.356 e. The van der Waals surface area contributed by atoms with E-state index in [1.54, 1.807) is 7.05 Å². The zero-order valence-corrected chi connectivity index (χ0v) is 21.4. The molecule has 0 aliphatic carbocycles. The molecule has 8 heteroatoms. The first kappa shape index (κ1) is 24.9. The number of amides is 1. The molecule has 1 aliphatic rings. The third-order valence-corrected chi connectivity index (χ3v) is 7.26. The summed E-state index contributed by atoms with van der Waals surface area (Å²) in [5.74, 6) is 0.466. The molecule has 2 aromatic heterocycles. The highest BCUT2D eigenvalue weighted by atomic mass is 16.2. The summed E-state index contributed by atoms with van der Waals surface area (Å²) in [5, 5.41) is 3.54. The minimum Gasteiger partial charge on any atom is -0.356 e. The van der Waals surface area contributed by atoms with E-state index >= 15 is 0 Å². The Morgan fingerprint density at radius 2 is 1.80 bits per heavy atom. The summed E-state index contributed by atoms with van der Waals surface area (Å²) < 4.78 is 2.50. The first-order valence-corrected chi connectivity index (χ1v) is 12.3. The third kappa shape index (κ3) is 5.22. The van der Waals surface area contributed by atoms with Crippen molar-refractivity contribution in [3.05, 3.63) is 73.1 Å². The lowest BCUT2D eigenvalue weighted by Crippen LogP contribution is -2.38. The quantitative estimate of drug-likeness (QED) is 0.563. The van der Waals surface area contributed by atoms with Gasteiger partial charge in [-0.25, -0.2) is 9.78 Å². The predicted molar refractivity (Wildman–Crippen MR) is 138 cm³/mol. The van der Waals surface area contributed by atoms with E-state index in [9.17, 15) is 14.4 Å². The summed E-state index contributed by atoms with van der Waals surface area (Å²) >= 11 is 0. The van der Waals surface area contributed by atoms with E-state index in [0.29, 0.717) is 36.3 Å². The predicted octanol–water partition coefficient (Wildman–Crippen LogP) is 2.13. The number of benzene rings is 1. The maximum absolute atomic E-state index is 12.8. The molecule has 3 aromatic rings. The molecule has 3 heterocycles. The van der Waals surface area contributed by atoms with Crippen molar-refractivity contribution in [1.29, 1.82) is 0 Å². The van der Waals surface area contributed by atoms with Gasteiger partial charge in [0.15, 0.2) is 0 Å². The van der Waals surface area contributed by atoms with Gasteiger partial charge >= 0.3 is 5.69 Å². The zero-order chi connectivity index (χ0) is 25.3. The Balaban J connectivity index is 1.34. The number of hydrogen-bond acceptors (Lipinski definition) is 5. The van der Waals surface area contributed by atoms with Crippen molar-refractivity contribution in [2.75, 3.05) is 19.6 Å². The van der Waals surface area contributed by atoms with E-state index in [2.05, 4.69) is 46.4 Å². The number of aromatic nitrogens is 3. The fourth-order valence-electron chi connectivity index (χ4n) is 5.07. The SMILES string of the molecule is Cc1ccc(CN2CCC(CNC(=O)CCc3c(C)nc4c(c3C)c(=O)n(C)c(=O)n4C)C2)cc1. The number of pyridine rings is 1. The summed E-state index contributed by atoms with van der Waals surface area (Å²) in [5.41, 5.74) is 4.66. The van der Waals surface area contributed by atoms with Crippen LogP contribution in [0.15, 0.2) is 33.9 Å². The number of nitrogens with zero attached hydrogens (tertiary/aromatic N) is 4. The maximum Gasteiger partial charge on any atom is 0.332 e. The van der Waals surface area contributed by atoms with Gasteiger partial charge in [-0.3, -0.25) is 23.6 Å². The monoisotopic (exact) mass is 477 g/mol. The first-order valence-electron chi connectivity index (χ1n) is 12.3. The molecule has 1 atom stereocenters. The molecule has 1 fully saturated rings. The van der Waals surface area contributed by atoms with Crippen LogP contribution in [0.2, 0.25) is 0 Å². The van der Waals surface area contributed by atoms with Gasteiger partial charge in [-0.05, 0) is 62.8 Å². The molecule has 1 N–H and O–H groups in total. The molecule has 0 radical (unpaired) electrons. The summed E-state index contributed by atoms with van der Waals surface area (Å²) in [6.45, 7) is 9.50. The molecule has 1 saturated heterocycles. The van der Waals surface area contributed by atoms with E-state index in [1.807, 2.05) is 13.8 Å². The second-order valence-corrected chi connectivity index (χ2v) is 9.88. The number of nitrogens with one attached hydrogen (secondary N) is 1. The number of rotatable bonds is 7. The zero-order valence-electron chi connectivity index (χ0n) is 21.4. The van der Waals surface area contributed by atoms with Gasteiger partial charge in [0.05, 0.1) is 5.39 Å². The number of carbonyl (C=O) groups is 1. The van der Waals surface area contributed by atoms with Gasteiger partial charge in [0.25, 0.3) is 5.56 Å². The normalized spacial score (nSPS) is 16.2. The lowest BCUT2D eigenvalue weighted by atomic mass is 9.99. The summed E-state index contributed by atoms with van der Waals surface area (Å²) in [6, 6.07) is 8.67. The third-order valence-electron chi connectivity index (χ3n) is 7.26. The fraction of sp³-hybridized carbons (Fsp3) is 0.481. The van der Waals surface area contributed by atoms with E-state index in [0.717, 1.165) is 47.4 Å². The molecular weight excluding hydrogens is 442 g/mol. The minimum absolute atomic E-state index is 0.00856. The lowest BCUT2D eigenvalue weighted by Gasteiger charge is -2.17. The van der Waals surface area contributed by atoms with E-state index in [1.165, 1.54) is 22.7 Å². The van der Waals surface area contributed by atoms with Gasteiger partial charge in [0.2, 0.25) is 5.91 Å². The molecule has 186 valence electrons. The molecule has 8 nitrogen and oxygen atoms in total. The van der Waals surface area contributed by atoms with E-state index in [-0.39, 0.29) is 11.5 Å². The molecule has 1 aromatic carbocycles. The van der Waals surface area contributed by atoms with Crippen LogP contribution >= 0.6 is 0 Å². The van der Waals surface area contributed by atoms with Crippen LogP contribution in [-0.4, -0.2) is 44.6 Å². The molecular formula is C27H35N5O3. The number of aryl methyl sites for hydroxylation is 4. The van der Waals surface area contributed by atoms with Crippen LogP contribution in [0.5, 0.6) is 0 Å². The molecule has 1 amide bonds. The van der Waals surface area contributed by atoms with Crippen molar-refractivity contribution < 1.29 is 4.79 Å². The number of carbonyl (C=O) groups excluding carboxylic acids is 1. The van der Waals surface area contributed by atoms with Gasteiger partial charge in [0.1, 0.15) is 5.65 Å². The van der Waals surface area contributed by atoms with Gasteiger partial charge < -0.3 is 5.32 Å². The Morgan fingerprint density at radius 3 is 2.51 bits per heavy atom. The van der Waals surface area contributed by atoms with Crippen molar-refractivity contribution >= 4 is 16.9 Å². The van der Waals surface area contributed by atoms with Gasteiger partial charge in [-0.15, -0.1) is 0 Å². The number of fused-ring (bicyclic) bond motifs is 1. The Kier molecular flexibility index (Phi) is 7.21. The average molecular weight is 478 g/mol. The second kappa shape index (κ2) is 10.2. The molecule has 4 rings (SSSR count). The van der Waals surface area contributed by atoms with E-state index < -0.39 is 5.69 Å². The smallest absolute Gasteiger partial charge is 0.332 e. The Hall–Kier alpha value is -3.26. The van der Waals surface area contributed by atoms with Gasteiger partial charge in [-0.2, -0.15) is 0 Å². The maximum atomic E-state index is 12.8. The standard InChI is InChI=1S/C27H35N5O3/c1-17-6-8-20(9-7-17)15-32-13-12-21(16-32)14-28-23(33)11-10-22-18(2)24-25(29-19(22)3)30(4)27(35)31(5)26(24)34/h6-9,21H,10-16H2,1-5H3,(H,28,33). The Bertz CT molecular complexity index is 1370. The lowest BCUT2D eigenvalue weighted by molar-refractivity contribution is -0.121. The molecule has 0 saturated carbocycles. The number of likely N-dealkylation sites (tertiary alicyclic amines) is 1. The summed E-state index contributed by atoms with van der Waals surface area (Å²) in [7, 11) is 3.09. The molecule has 1 aliphatic heterocycles.